The number of fused-ring (bicyclic) bond motifs is 2. The Hall–Kier alpha value is -3.30. The Bertz CT molecular complexity index is 1360. The molecule has 0 unspecified atom stereocenters. The smallest absolute Gasteiger partial charge is 0.227 e. The van der Waals surface area contributed by atoms with Crippen molar-refractivity contribution in [2.75, 3.05) is 43.5 Å². The monoisotopic (exact) mass is 520 g/mol. The number of likely N-dealkylation sites (tertiary alicyclic amines) is 1. The summed E-state index contributed by atoms with van der Waals surface area (Å²) < 4.78 is 35.6. The highest BCUT2D eigenvalue weighted by Crippen LogP contribution is 2.40. The molecular formula is C29H34F2N6O. The van der Waals surface area contributed by atoms with E-state index in [0.717, 1.165) is 50.9 Å². The molecule has 38 heavy (non-hydrogen) atoms. The minimum atomic E-state index is -0.604. The molecule has 3 aliphatic heterocycles. The lowest BCUT2D eigenvalue weighted by Crippen LogP contribution is -2.38. The van der Waals surface area contributed by atoms with Gasteiger partial charge in [0.25, 0.3) is 0 Å². The van der Waals surface area contributed by atoms with Crippen molar-refractivity contribution in [1.82, 2.24) is 20.2 Å². The number of ether oxygens (including phenoxy) is 1. The minimum absolute atomic E-state index is 0.0520. The Balaban J connectivity index is 1.32. The third-order valence-electron chi connectivity index (χ3n) is 8.03. The van der Waals surface area contributed by atoms with Gasteiger partial charge in [-0.15, -0.1) is 0 Å². The van der Waals surface area contributed by atoms with Gasteiger partial charge in [0, 0.05) is 30.4 Å². The van der Waals surface area contributed by atoms with E-state index in [-0.39, 0.29) is 23.4 Å². The molecule has 0 spiro atoms. The largest absolute Gasteiger partial charge is 0.486 e. The van der Waals surface area contributed by atoms with Crippen LogP contribution in [0.25, 0.3) is 11.3 Å². The van der Waals surface area contributed by atoms with Crippen LogP contribution in [-0.2, 0) is 13.1 Å². The summed E-state index contributed by atoms with van der Waals surface area (Å²) in [7, 11) is 2.18. The van der Waals surface area contributed by atoms with Gasteiger partial charge >= 0.3 is 0 Å². The van der Waals surface area contributed by atoms with Gasteiger partial charge in [-0.3, -0.25) is 0 Å². The lowest BCUT2D eigenvalue weighted by molar-refractivity contribution is 0.255. The van der Waals surface area contributed by atoms with Crippen LogP contribution in [0.15, 0.2) is 30.5 Å². The second kappa shape index (κ2) is 10.1. The Morgan fingerprint density at radius 2 is 1.84 bits per heavy atom. The summed E-state index contributed by atoms with van der Waals surface area (Å²) in [5.41, 5.74) is 5.90. The maximum absolute atomic E-state index is 15.1. The predicted molar refractivity (Wildman–Crippen MR) is 145 cm³/mol. The molecule has 6 rings (SSSR count). The number of nitrogens with zero attached hydrogens (tertiary/aromatic N) is 4. The molecule has 0 aliphatic carbocycles. The molecule has 2 aromatic carbocycles. The zero-order valence-corrected chi connectivity index (χ0v) is 22.2. The first-order valence-corrected chi connectivity index (χ1v) is 13.5. The Morgan fingerprint density at radius 1 is 1.05 bits per heavy atom. The molecule has 1 fully saturated rings. The van der Waals surface area contributed by atoms with Crippen LogP contribution in [0.4, 0.5) is 26.1 Å². The van der Waals surface area contributed by atoms with Crippen LogP contribution in [0.5, 0.6) is 5.75 Å². The molecule has 3 aromatic rings. The average molecular weight is 521 g/mol. The van der Waals surface area contributed by atoms with Crippen LogP contribution >= 0.6 is 0 Å². The predicted octanol–water partition coefficient (Wildman–Crippen LogP) is 5.19. The van der Waals surface area contributed by atoms with Crippen LogP contribution in [-0.4, -0.2) is 54.2 Å². The number of halogens is 2. The first-order valence-electron chi connectivity index (χ1n) is 13.5. The molecule has 0 atom stereocenters. The van der Waals surface area contributed by atoms with E-state index in [2.05, 4.69) is 49.6 Å². The Kier molecular flexibility index (Phi) is 6.65. The lowest BCUT2D eigenvalue weighted by atomic mass is 9.85. The van der Waals surface area contributed by atoms with Gasteiger partial charge in [-0.05, 0) is 87.6 Å². The van der Waals surface area contributed by atoms with E-state index in [0.29, 0.717) is 30.3 Å². The van der Waals surface area contributed by atoms with E-state index >= 15 is 4.39 Å². The van der Waals surface area contributed by atoms with E-state index < -0.39 is 11.6 Å². The fourth-order valence-electron chi connectivity index (χ4n) is 5.98. The molecule has 1 aromatic heterocycles. The third-order valence-corrected chi connectivity index (χ3v) is 8.03. The van der Waals surface area contributed by atoms with E-state index in [9.17, 15) is 4.39 Å². The highest BCUT2D eigenvalue weighted by Gasteiger charge is 2.27. The Labute approximate surface area is 222 Å². The van der Waals surface area contributed by atoms with E-state index in [1.807, 2.05) is 13.8 Å². The molecular weight excluding hydrogens is 486 g/mol. The number of anilines is 3. The van der Waals surface area contributed by atoms with Crippen LogP contribution in [0, 0.1) is 11.6 Å². The van der Waals surface area contributed by atoms with Crippen LogP contribution < -0.4 is 20.3 Å². The second-order valence-corrected chi connectivity index (χ2v) is 10.8. The topological polar surface area (TPSA) is 65.6 Å². The van der Waals surface area contributed by atoms with Gasteiger partial charge in [-0.2, -0.15) is 0 Å². The normalized spacial score (nSPS) is 17.9. The van der Waals surface area contributed by atoms with Gasteiger partial charge in [0.2, 0.25) is 5.95 Å². The number of piperidine rings is 1. The van der Waals surface area contributed by atoms with Gasteiger partial charge < -0.3 is 25.2 Å². The number of aromatic nitrogens is 2. The zero-order valence-electron chi connectivity index (χ0n) is 22.2. The first kappa shape index (κ1) is 25.0. The third kappa shape index (κ3) is 4.58. The molecule has 0 amide bonds. The van der Waals surface area contributed by atoms with E-state index in [4.69, 9.17) is 4.74 Å². The van der Waals surface area contributed by atoms with Crippen molar-refractivity contribution in [2.24, 2.45) is 0 Å². The van der Waals surface area contributed by atoms with E-state index in [1.54, 1.807) is 6.07 Å². The number of hydrogen-bond donors (Lipinski definition) is 2. The molecule has 0 saturated carbocycles. The number of rotatable bonds is 5. The maximum Gasteiger partial charge on any atom is 0.227 e. The molecule has 3 aliphatic rings. The van der Waals surface area contributed by atoms with Crippen molar-refractivity contribution in [3.8, 4) is 17.0 Å². The van der Waals surface area contributed by atoms with Crippen molar-refractivity contribution in [3.63, 3.8) is 0 Å². The molecule has 1 saturated heterocycles. The molecule has 200 valence electrons. The number of hydrogen-bond acceptors (Lipinski definition) is 7. The Morgan fingerprint density at radius 3 is 2.63 bits per heavy atom. The molecule has 0 radical (unpaired) electrons. The molecule has 7 nitrogen and oxygen atoms in total. The zero-order chi connectivity index (χ0) is 26.4. The molecule has 0 bridgehead atoms. The highest BCUT2D eigenvalue weighted by atomic mass is 19.1. The van der Waals surface area contributed by atoms with Crippen LogP contribution in [0.2, 0.25) is 0 Å². The minimum Gasteiger partial charge on any atom is -0.486 e. The summed E-state index contributed by atoms with van der Waals surface area (Å²) in [5, 5.41) is 6.80. The summed E-state index contributed by atoms with van der Waals surface area (Å²) in [6.45, 7) is 8.95. The fraction of sp³-hybridized carbons (Fsp3) is 0.448. The van der Waals surface area contributed by atoms with Crippen LogP contribution in [0.3, 0.4) is 0 Å². The van der Waals surface area contributed by atoms with Crippen molar-refractivity contribution in [1.29, 1.82) is 0 Å². The standard InChI is InChI=1S/C29H34F2N6O/c1-17(2)37-10-11-38-28-23(30)12-19(13-26(28)37)27-24(31)16-33-29(35-27)34-25-5-4-20(21-14-32-15-22(21)25)18-6-8-36(3)9-7-18/h4-5,12-13,16-18,32H,6-11,14-15H2,1-3H3,(H,33,34,35). The summed E-state index contributed by atoms with van der Waals surface area (Å²) in [4.78, 5) is 13.1. The van der Waals surface area contributed by atoms with Crippen molar-refractivity contribution < 1.29 is 13.5 Å². The first-order chi connectivity index (χ1) is 18.4. The van der Waals surface area contributed by atoms with Crippen molar-refractivity contribution in [2.45, 2.75) is 51.7 Å². The highest BCUT2D eigenvalue weighted by molar-refractivity contribution is 5.73. The van der Waals surface area contributed by atoms with Gasteiger partial charge in [0.1, 0.15) is 12.3 Å². The van der Waals surface area contributed by atoms with Gasteiger partial charge in [-0.25, -0.2) is 18.7 Å². The number of nitrogens with one attached hydrogen (secondary N) is 2. The van der Waals surface area contributed by atoms with Gasteiger partial charge in [0.15, 0.2) is 17.4 Å². The summed E-state index contributed by atoms with van der Waals surface area (Å²) in [6.07, 6.45) is 3.47. The summed E-state index contributed by atoms with van der Waals surface area (Å²) in [5.74, 6) is -0.0845. The number of benzene rings is 2. The quantitative estimate of drug-likeness (QED) is 0.480. The van der Waals surface area contributed by atoms with Crippen LogP contribution in [0.1, 0.15) is 49.3 Å². The van der Waals surface area contributed by atoms with Gasteiger partial charge in [0.05, 0.1) is 18.4 Å². The van der Waals surface area contributed by atoms with E-state index in [1.165, 1.54) is 22.8 Å². The second-order valence-electron chi connectivity index (χ2n) is 10.8. The van der Waals surface area contributed by atoms with Crippen molar-refractivity contribution >= 4 is 17.3 Å². The molecule has 9 heteroatoms. The summed E-state index contributed by atoms with van der Waals surface area (Å²) in [6, 6.07) is 7.49. The average Bonchev–Trinajstić information content (AvgIpc) is 3.41. The lowest BCUT2D eigenvalue weighted by Gasteiger charge is -2.34. The fourth-order valence-corrected chi connectivity index (χ4v) is 5.98. The van der Waals surface area contributed by atoms with Gasteiger partial charge in [-0.1, -0.05) is 6.07 Å². The summed E-state index contributed by atoms with van der Waals surface area (Å²) >= 11 is 0. The SMILES string of the molecule is CC(C)N1CCOc2c(F)cc(-c3nc(Nc4ccc(C5CCN(C)CC5)c5c4CNC5)ncc3F)cc21. The maximum atomic E-state index is 15.1. The molecule has 4 heterocycles. The van der Waals surface area contributed by atoms with Crippen molar-refractivity contribution in [3.05, 3.63) is 58.8 Å². The molecule has 2 N–H and O–H groups in total.